The first kappa shape index (κ1) is 12.4. The first-order valence-electron chi connectivity index (χ1n) is 6.37. The summed E-state index contributed by atoms with van der Waals surface area (Å²) in [7, 11) is 1.85. The molecule has 2 aliphatic rings. The quantitative estimate of drug-likeness (QED) is 0.710. The van der Waals surface area contributed by atoms with E-state index in [9.17, 15) is 9.59 Å². The van der Waals surface area contributed by atoms with E-state index in [1.165, 1.54) is 0 Å². The molecule has 17 heavy (non-hydrogen) atoms. The molecule has 0 aromatic heterocycles. The standard InChI is InChI=1S/C12H21N3O2/c1-15(10-4-2-3-8(10)6-13)12(17)9-5-11(16)14-7-9/h8-10H,2-7,13H2,1H3,(H,14,16). The summed E-state index contributed by atoms with van der Waals surface area (Å²) >= 11 is 0. The normalized spacial score (nSPS) is 32.6. The Morgan fingerprint density at radius 3 is 2.88 bits per heavy atom. The summed E-state index contributed by atoms with van der Waals surface area (Å²) in [5, 5.41) is 2.71. The van der Waals surface area contributed by atoms with Crippen molar-refractivity contribution in [3.05, 3.63) is 0 Å². The second kappa shape index (κ2) is 5.04. The lowest BCUT2D eigenvalue weighted by Gasteiger charge is -2.30. The Bertz CT molecular complexity index is 319. The van der Waals surface area contributed by atoms with Gasteiger partial charge in [0.1, 0.15) is 0 Å². The van der Waals surface area contributed by atoms with Gasteiger partial charge in [-0.2, -0.15) is 0 Å². The summed E-state index contributed by atoms with van der Waals surface area (Å²) in [6, 6.07) is 0.267. The van der Waals surface area contributed by atoms with Crippen LogP contribution in [0.4, 0.5) is 0 Å². The monoisotopic (exact) mass is 239 g/mol. The van der Waals surface area contributed by atoms with Crippen molar-refractivity contribution in [1.29, 1.82) is 0 Å². The van der Waals surface area contributed by atoms with Crippen LogP contribution in [0.2, 0.25) is 0 Å². The lowest BCUT2D eigenvalue weighted by atomic mass is 10.00. The van der Waals surface area contributed by atoms with Crippen LogP contribution in [0, 0.1) is 11.8 Å². The molecule has 3 unspecified atom stereocenters. The van der Waals surface area contributed by atoms with Gasteiger partial charge in [-0.25, -0.2) is 0 Å². The van der Waals surface area contributed by atoms with Crippen LogP contribution in [0.15, 0.2) is 0 Å². The highest BCUT2D eigenvalue weighted by Crippen LogP contribution is 2.29. The molecule has 5 heteroatoms. The molecule has 2 rings (SSSR count). The van der Waals surface area contributed by atoms with Gasteiger partial charge in [0.2, 0.25) is 11.8 Å². The van der Waals surface area contributed by atoms with Crippen LogP contribution in [0.25, 0.3) is 0 Å². The van der Waals surface area contributed by atoms with Gasteiger partial charge in [-0.05, 0) is 25.3 Å². The number of carbonyl (C=O) groups is 2. The third-order valence-electron chi connectivity index (χ3n) is 4.09. The number of nitrogens with one attached hydrogen (secondary N) is 1. The topological polar surface area (TPSA) is 75.4 Å². The SMILES string of the molecule is CN(C(=O)C1CNC(=O)C1)C1CCCC1CN. The second-order valence-electron chi connectivity index (χ2n) is 5.15. The van der Waals surface area contributed by atoms with E-state index >= 15 is 0 Å². The van der Waals surface area contributed by atoms with Crippen molar-refractivity contribution in [3.8, 4) is 0 Å². The largest absolute Gasteiger partial charge is 0.355 e. The fraction of sp³-hybridized carbons (Fsp3) is 0.833. The lowest BCUT2D eigenvalue weighted by Crippen LogP contribution is -2.44. The zero-order valence-electron chi connectivity index (χ0n) is 10.3. The summed E-state index contributed by atoms with van der Waals surface area (Å²) in [6.07, 6.45) is 3.63. The molecule has 0 spiro atoms. The Morgan fingerprint density at radius 2 is 2.29 bits per heavy atom. The zero-order chi connectivity index (χ0) is 12.4. The molecule has 3 atom stereocenters. The van der Waals surface area contributed by atoms with Gasteiger partial charge in [-0.1, -0.05) is 6.42 Å². The summed E-state index contributed by atoms with van der Waals surface area (Å²) < 4.78 is 0. The van der Waals surface area contributed by atoms with Gasteiger partial charge >= 0.3 is 0 Å². The predicted molar refractivity (Wildman–Crippen MR) is 64.1 cm³/mol. The number of amides is 2. The van der Waals surface area contributed by atoms with Crippen molar-refractivity contribution in [2.75, 3.05) is 20.1 Å². The molecule has 2 amide bonds. The first-order valence-corrected chi connectivity index (χ1v) is 6.37. The Morgan fingerprint density at radius 1 is 1.53 bits per heavy atom. The summed E-state index contributed by atoms with van der Waals surface area (Å²) in [4.78, 5) is 25.2. The zero-order valence-corrected chi connectivity index (χ0v) is 10.3. The van der Waals surface area contributed by atoms with E-state index in [0.717, 1.165) is 19.3 Å². The first-order chi connectivity index (χ1) is 8.13. The van der Waals surface area contributed by atoms with E-state index in [4.69, 9.17) is 5.73 Å². The van der Waals surface area contributed by atoms with Crippen LogP contribution in [-0.2, 0) is 9.59 Å². The van der Waals surface area contributed by atoms with E-state index in [1.54, 1.807) is 0 Å². The Hall–Kier alpha value is -1.10. The highest BCUT2D eigenvalue weighted by molar-refractivity contribution is 5.89. The van der Waals surface area contributed by atoms with Crippen LogP contribution in [0.5, 0.6) is 0 Å². The predicted octanol–water partition coefficient (Wildman–Crippen LogP) is -0.292. The smallest absolute Gasteiger partial charge is 0.227 e. The molecule has 2 fully saturated rings. The minimum atomic E-state index is -0.175. The third kappa shape index (κ3) is 2.44. The summed E-state index contributed by atoms with van der Waals surface area (Å²) in [6.45, 7) is 1.13. The fourth-order valence-corrected chi connectivity index (χ4v) is 3.03. The number of rotatable bonds is 3. The molecule has 96 valence electrons. The minimum absolute atomic E-state index is 0.0152. The molecule has 0 radical (unpaired) electrons. The number of nitrogens with zero attached hydrogens (tertiary/aromatic N) is 1. The molecule has 1 aliphatic carbocycles. The summed E-state index contributed by atoms with van der Waals surface area (Å²) in [5.41, 5.74) is 5.73. The van der Waals surface area contributed by atoms with Crippen molar-refractivity contribution < 1.29 is 9.59 Å². The molecule has 5 nitrogen and oxygen atoms in total. The second-order valence-corrected chi connectivity index (χ2v) is 5.15. The van der Waals surface area contributed by atoms with Crippen molar-refractivity contribution in [2.24, 2.45) is 17.6 Å². The minimum Gasteiger partial charge on any atom is -0.355 e. The highest BCUT2D eigenvalue weighted by atomic mass is 16.2. The van der Waals surface area contributed by atoms with Gasteiger partial charge in [-0.3, -0.25) is 9.59 Å². The van der Waals surface area contributed by atoms with E-state index in [0.29, 0.717) is 25.4 Å². The number of carbonyl (C=O) groups excluding carboxylic acids is 2. The van der Waals surface area contributed by atoms with Gasteiger partial charge in [0.25, 0.3) is 0 Å². The van der Waals surface area contributed by atoms with Crippen molar-refractivity contribution in [3.63, 3.8) is 0 Å². The number of hydrogen-bond acceptors (Lipinski definition) is 3. The molecule has 0 aromatic rings. The van der Waals surface area contributed by atoms with Crippen molar-refractivity contribution >= 4 is 11.8 Å². The fourth-order valence-electron chi connectivity index (χ4n) is 3.03. The molecule has 1 saturated heterocycles. The number of hydrogen-bond donors (Lipinski definition) is 2. The van der Waals surface area contributed by atoms with Gasteiger partial charge in [-0.15, -0.1) is 0 Å². The maximum Gasteiger partial charge on any atom is 0.227 e. The Balaban J connectivity index is 1.97. The maximum atomic E-state index is 12.2. The van der Waals surface area contributed by atoms with Crippen LogP contribution < -0.4 is 11.1 Å². The van der Waals surface area contributed by atoms with Gasteiger partial charge in [0, 0.05) is 26.1 Å². The molecular formula is C12H21N3O2. The van der Waals surface area contributed by atoms with Gasteiger partial charge in [0.15, 0.2) is 0 Å². The molecule has 0 bridgehead atoms. The van der Waals surface area contributed by atoms with Crippen LogP contribution in [-0.4, -0.2) is 42.9 Å². The molecule has 1 aliphatic heterocycles. The Kier molecular flexibility index (Phi) is 3.66. The van der Waals surface area contributed by atoms with E-state index in [2.05, 4.69) is 5.32 Å². The van der Waals surface area contributed by atoms with Crippen LogP contribution in [0.1, 0.15) is 25.7 Å². The average molecular weight is 239 g/mol. The highest BCUT2D eigenvalue weighted by Gasteiger charge is 2.36. The molecule has 1 saturated carbocycles. The van der Waals surface area contributed by atoms with Crippen LogP contribution in [0.3, 0.4) is 0 Å². The summed E-state index contributed by atoms with van der Waals surface area (Å²) in [5.74, 6) is 0.327. The van der Waals surface area contributed by atoms with Gasteiger partial charge < -0.3 is 16.0 Å². The molecule has 3 N–H and O–H groups in total. The average Bonchev–Trinajstić information content (AvgIpc) is 2.95. The van der Waals surface area contributed by atoms with Gasteiger partial charge in [0.05, 0.1) is 5.92 Å². The van der Waals surface area contributed by atoms with Crippen molar-refractivity contribution in [1.82, 2.24) is 10.2 Å². The molecule has 1 heterocycles. The van der Waals surface area contributed by atoms with E-state index < -0.39 is 0 Å². The van der Waals surface area contributed by atoms with E-state index in [1.807, 2.05) is 11.9 Å². The number of nitrogens with two attached hydrogens (primary N) is 1. The van der Waals surface area contributed by atoms with Crippen LogP contribution >= 0.6 is 0 Å². The maximum absolute atomic E-state index is 12.2. The third-order valence-corrected chi connectivity index (χ3v) is 4.09. The van der Waals surface area contributed by atoms with Crippen molar-refractivity contribution in [2.45, 2.75) is 31.7 Å². The molecule has 0 aromatic carbocycles. The lowest BCUT2D eigenvalue weighted by molar-refractivity contribution is -0.137. The molecular weight excluding hydrogens is 218 g/mol. The Labute approximate surface area is 102 Å². The van der Waals surface area contributed by atoms with E-state index in [-0.39, 0.29) is 23.8 Å².